The second-order valence-electron chi connectivity index (χ2n) is 4.99. The minimum Gasteiger partial charge on any atom is -0.481 e. The Labute approximate surface area is 108 Å². The number of carbonyl (C=O) groups is 2. The lowest BCUT2D eigenvalue weighted by Crippen LogP contribution is -2.46. The molecule has 18 heavy (non-hydrogen) atoms. The third-order valence-corrected chi connectivity index (χ3v) is 4.57. The van der Waals surface area contributed by atoms with Crippen LogP contribution in [0.15, 0.2) is 6.20 Å². The zero-order valence-electron chi connectivity index (χ0n) is 9.57. The Hall–Kier alpha value is -1.50. The van der Waals surface area contributed by atoms with Gasteiger partial charge < -0.3 is 10.4 Å². The summed E-state index contributed by atoms with van der Waals surface area (Å²) in [6.45, 7) is 0. The van der Waals surface area contributed by atoms with Crippen LogP contribution < -0.4 is 5.32 Å². The number of carbonyl (C=O) groups excluding carboxylic acids is 1. The average molecular weight is 267 g/mol. The average Bonchev–Trinajstić information content (AvgIpc) is 3.05. The number of hydrogen-bond donors (Lipinski definition) is 2. The van der Waals surface area contributed by atoms with Crippen LogP contribution in [-0.2, 0) is 4.79 Å². The molecule has 0 saturated heterocycles. The zero-order valence-corrected chi connectivity index (χ0v) is 10.4. The topological polar surface area (TPSA) is 92.2 Å². The minimum atomic E-state index is -0.802. The molecular weight excluding hydrogens is 254 g/mol. The predicted molar refractivity (Wildman–Crippen MR) is 63.1 cm³/mol. The number of nitrogens with zero attached hydrogens (tertiary/aromatic N) is 2. The van der Waals surface area contributed by atoms with E-state index in [1.165, 1.54) is 6.20 Å². The van der Waals surface area contributed by atoms with Gasteiger partial charge in [-0.15, -0.1) is 0 Å². The van der Waals surface area contributed by atoms with E-state index >= 15 is 0 Å². The SMILES string of the molecule is O=C(NC1C2CCC(C2)C1C(=O)O)c1cnsn1. The molecule has 2 aliphatic rings. The standard InChI is InChI=1S/C11H13N3O3S/c15-10(7-4-12-18-14-7)13-9-6-2-1-5(3-6)8(9)11(16)17/h4-6,8-9H,1-3H2,(H,13,15)(H,16,17). The van der Waals surface area contributed by atoms with Crippen molar-refractivity contribution in [3.63, 3.8) is 0 Å². The Morgan fingerprint density at radius 1 is 1.39 bits per heavy atom. The molecule has 96 valence electrons. The van der Waals surface area contributed by atoms with Gasteiger partial charge in [0.1, 0.15) is 0 Å². The van der Waals surface area contributed by atoms with Crippen LogP contribution >= 0.6 is 11.7 Å². The normalized spacial score (nSPS) is 33.6. The molecule has 2 fully saturated rings. The molecule has 0 radical (unpaired) electrons. The molecule has 6 nitrogen and oxygen atoms in total. The Kier molecular flexibility index (Phi) is 2.77. The number of nitrogens with one attached hydrogen (secondary N) is 1. The Bertz CT molecular complexity index is 476. The molecule has 1 amide bonds. The quantitative estimate of drug-likeness (QED) is 0.843. The second-order valence-corrected chi connectivity index (χ2v) is 5.55. The van der Waals surface area contributed by atoms with E-state index < -0.39 is 11.9 Å². The third-order valence-electron chi connectivity index (χ3n) is 4.09. The van der Waals surface area contributed by atoms with Gasteiger partial charge in [0.2, 0.25) is 0 Å². The smallest absolute Gasteiger partial charge is 0.308 e. The first-order valence-electron chi connectivity index (χ1n) is 5.98. The van der Waals surface area contributed by atoms with Crippen LogP contribution in [-0.4, -0.2) is 31.8 Å². The summed E-state index contributed by atoms with van der Waals surface area (Å²) in [4.78, 5) is 23.2. The number of aliphatic carboxylic acids is 1. The van der Waals surface area contributed by atoms with Gasteiger partial charge in [-0.3, -0.25) is 9.59 Å². The van der Waals surface area contributed by atoms with Crippen LogP contribution in [0.25, 0.3) is 0 Å². The fourth-order valence-corrected chi connectivity index (χ4v) is 3.76. The molecule has 0 aromatic carbocycles. The predicted octanol–water partition coefficient (Wildman–Crippen LogP) is 0.767. The molecule has 2 aliphatic carbocycles. The van der Waals surface area contributed by atoms with Gasteiger partial charge in [-0.2, -0.15) is 8.75 Å². The van der Waals surface area contributed by atoms with Crippen molar-refractivity contribution in [1.82, 2.24) is 14.1 Å². The van der Waals surface area contributed by atoms with E-state index in [0.717, 1.165) is 31.0 Å². The lowest BCUT2D eigenvalue weighted by atomic mass is 9.84. The van der Waals surface area contributed by atoms with Crippen LogP contribution in [0, 0.1) is 17.8 Å². The highest BCUT2D eigenvalue weighted by Gasteiger charge is 2.51. The fourth-order valence-electron chi connectivity index (χ4n) is 3.34. The highest BCUT2D eigenvalue weighted by atomic mass is 32.1. The zero-order chi connectivity index (χ0) is 12.7. The van der Waals surface area contributed by atoms with E-state index in [2.05, 4.69) is 14.1 Å². The molecule has 2 bridgehead atoms. The van der Waals surface area contributed by atoms with E-state index in [4.69, 9.17) is 0 Å². The van der Waals surface area contributed by atoms with Gasteiger partial charge >= 0.3 is 5.97 Å². The van der Waals surface area contributed by atoms with Gasteiger partial charge in [0.15, 0.2) is 5.69 Å². The summed E-state index contributed by atoms with van der Waals surface area (Å²) in [7, 11) is 0. The van der Waals surface area contributed by atoms with Crippen molar-refractivity contribution in [2.45, 2.75) is 25.3 Å². The number of fused-ring (bicyclic) bond motifs is 2. The fraction of sp³-hybridized carbons (Fsp3) is 0.636. The van der Waals surface area contributed by atoms with Crippen molar-refractivity contribution in [3.8, 4) is 0 Å². The first-order chi connectivity index (χ1) is 8.66. The van der Waals surface area contributed by atoms with E-state index in [1.807, 2.05) is 0 Å². The van der Waals surface area contributed by atoms with E-state index in [0.29, 0.717) is 5.92 Å². The first-order valence-corrected chi connectivity index (χ1v) is 6.71. The van der Waals surface area contributed by atoms with Gasteiger partial charge in [0.05, 0.1) is 23.8 Å². The van der Waals surface area contributed by atoms with E-state index in [9.17, 15) is 14.7 Å². The van der Waals surface area contributed by atoms with Crippen LogP contribution in [0.3, 0.4) is 0 Å². The van der Waals surface area contributed by atoms with Crippen molar-refractivity contribution in [1.29, 1.82) is 0 Å². The number of hydrogen-bond acceptors (Lipinski definition) is 5. The summed E-state index contributed by atoms with van der Waals surface area (Å²) in [6, 6.07) is -0.254. The van der Waals surface area contributed by atoms with Gasteiger partial charge in [0.25, 0.3) is 5.91 Å². The van der Waals surface area contributed by atoms with Gasteiger partial charge in [-0.05, 0) is 31.1 Å². The first kappa shape index (κ1) is 11.6. The maximum Gasteiger partial charge on any atom is 0.308 e. The van der Waals surface area contributed by atoms with Crippen molar-refractivity contribution < 1.29 is 14.7 Å². The van der Waals surface area contributed by atoms with Crippen molar-refractivity contribution in [3.05, 3.63) is 11.9 Å². The van der Waals surface area contributed by atoms with Crippen molar-refractivity contribution in [2.75, 3.05) is 0 Å². The highest BCUT2D eigenvalue weighted by Crippen LogP contribution is 2.48. The Morgan fingerprint density at radius 3 is 2.83 bits per heavy atom. The number of rotatable bonds is 3. The summed E-state index contributed by atoms with van der Waals surface area (Å²) in [5, 5.41) is 12.1. The molecule has 4 atom stereocenters. The summed E-state index contributed by atoms with van der Waals surface area (Å²) >= 11 is 0.971. The summed E-state index contributed by atoms with van der Waals surface area (Å²) < 4.78 is 7.63. The molecule has 1 aromatic rings. The van der Waals surface area contributed by atoms with Crippen molar-refractivity contribution >= 4 is 23.6 Å². The molecule has 0 aliphatic heterocycles. The summed E-state index contributed by atoms with van der Waals surface area (Å²) in [6.07, 6.45) is 4.29. The second kappa shape index (κ2) is 4.31. The Balaban J connectivity index is 1.75. The molecule has 0 spiro atoms. The third kappa shape index (κ3) is 1.78. The largest absolute Gasteiger partial charge is 0.481 e. The van der Waals surface area contributed by atoms with Gasteiger partial charge in [-0.1, -0.05) is 0 Å². The molecule has 3 rings (SSSR count). The molecule has 1 heterocycles. The summed E-state index contributed by atoms with van der Waals surface area (Å²) in [5.74, 6) is -1.05. The van der Waals surface area contributed by atoms with Crippen molar-refractivity contribution in [2.24, 2.45) is 17.8 Å². The van der Waals surface area contributed by atoms with E-state index in [-0.39, 0.29) is 23.6 Å². The molecule has 4 unspecified atom stereocenters. The molecule has 1 aromatic heterocycles. The maximum absolute atomic E-state index is 11.9. The lowest BCUT2D eigenvalue weighted by molar-refractivity contribution is -0.144. The highest BCUT2D eigenvalue weighted by molar-refractivity contribution is 6.99. The number of carboxylic acids is 1. The molecule has 7 heteroatoms. The van der Waals surface area contributed by atoms with Crippen LogP contribution in [0.5, 0.6) is 0 Å². The Morgan fingerprint density at radius 2 is 2.17 bits per heavy atom. The number of carboxylic acid groups (broad SMARTS) is 1. The molecule has 2 N–H and O–H groups in total. The maximum atomic E-state index is 11.9. The van der Waals surface area contributed by atoms with Crippen LogP contribution in [0.1, 0.15) is 29.8 Å². The molecule has 2 saturated carbocycles. The van der Waals surface area contributed by atoms with Crippen LogP contribution in [0.4, 0.5) is 0 Å². The lowest BCUT2D eigenvalue weighted by Gasteiger charge is -2.28. The van der Waals surface area contributed by atoms with Crippen LogP contribution in [0.2, 0.25) is 0 Å². The van der Waals surface area contributed by atoms with Gasteiger partial charge in [0, 0.05) is 6.04 Å². The van der Waals surface area contributed by atoms with Gasteiger partial charge in [-0.25, -0.2) is 0 Å². The number of aromatic nitrogens is 2. The molecular formula is C11H13N3O3S. The number of amides is 1. The summed E-state index contributed by atoms with van der Waals surface area (Å²) in [5.41, 5.74) is 0.270. The van der Waals surface area contributed by atoms with E-state index in [1.54, 1.807) is 0 Å². The monoisotopic (exact) mass is 267 g/mol. The minimum absolute atomic E-state index is 0.214.